The number of hydrogen-bond donors (Lipinski definition) is 0. The van der Waals surface area contributed by atoms with Gasteiger partial charge in [-0.05, 0) is 55.0 Å². The average Bonchev–Trinajstić information content (AvgIpc) is 2.50. The van der Waals surface area contributed by atoms with Gasteiger partial charge in [0.15, 0.2) is 0 Å². The number of carbonyl (C=O) groups excluding carboxylic acids is 1. The average molecular weight is 209 g/mol. The second-order valence-corrected chi connectivity index (χ2v) is 4.37. The molecular formula is C12H13ClO. The van der Waals surface area contributed by atoms with Crippen molar-refractivity contribution in [3.63, 3.8) is 0 Å². The highest BCUT2D eigenvalue weighted by Gasteiger charge is 2.16. The first kappa shape index (κ1) is 9.72. The van der Waals surface area contributed by atoms with E-state index in [1.807, 2.05) is 12.1 Å². The van der Waals surface area contributed by atoms with Gasteiger partial charge in [0.25, 0.3) is 0 Å². The molecule has 0 radical (unpaired) electrons. The molecule has 1 aromatic carbocycles. The minimum absolute atomic E-state index is 0.210. The van der Waals surface area contributed by atoms with Crippen LogP contribution >= 0.6 is 11.6 Å². The molecule has 1 aliphatic carbocycles. The van der Waals surface area contributed by atoms with Gasteiger partial charge in [0.05, 0.1) is 0 Å². The Morgan fingerprint density at radius 1 is 1.43 bits per heavy atom. The maximum atomic E-state index is 11.1. The van der Waals surface area contributed by atoms with E-state index < -0.39 is 0 Å². The fourth-order valence-electron chi connectivity index (χ4n) is 2.18. The Morgan fingerprint density at radius 2 is 2.21 bits per heavy atom. The Balaban J connectivity index is 2.43. The lowest BCUT2D eigenvalue weighted by molar-refractivity contribution is -0.116. The molecule has 0 aliphatic heterocycles. The smallest absolute Gasteiger partial charge is 0.134 e. The van der Waals surface area contributed by atoms with E-state index in [0.29, 0.717) is 6.42 Å². The molecule has 0 saturated heterocycles. The maximum Gasteiger partial charge on any atom is 0.134 e. The monoisotopic (exact) mass is 208 g/mol. The standard InChI is InChI=1S/C12H13ClO/c1-8(14)5-10-7-11(13)6-9-3-2-4-12(9)10/h6-7H,2-5H2,1H3. The molecule has 0 fully saturated rings. The minimum Gasteiger partial charge on any atom is -0.300 e. The SMILES string of the molecule is CC(=O)Cc1cc(Cl)cc2c1CCC2. The van der Waals surface area contributed by atoms with Crippen LogP contribution in [0.2, 0.25) is 5.02 Å². The summed E-state index contributed by atoms with van der Waals surface area (Å²) in [5, 5.41) is 0.766. The highest BCUT2D eigenvalue weighted by Crippen LogP contribution is 2.29. The van der Waals surface area contributed by atoms with Crippen LogP contribution < -0.4 is 0 Å². The van der Waals surface area contributed by atoms with Crippen LogP contribution in [0.5, 0.6) is 0 Å². The minimum atomic E-state index is 0.210. The van der Waals surface area contributed by atoms with Crippen molar-refractivity contribution >= 4 is 17.4 Å². The zero-order chi connectivity index (χ0) is 10.1. The van der Waals surface area contributed by atoms with Crippen LogP contribution in [0, 0.1) is 0 Å². The molecule has 2 rings (SSSR count). The maximum absolute atomic E-state index is 11.1. The molecule has 1 aromatic rings. The number of ketones is 1. The predicted octanol–water partition coefficient (Wildman–Crippen LogP) is 2.96. The molecule has 0 spiro atoms. The quantitative estimate of drug-likeness (QED) is 0.731. The van der Waals surface area contributed by atoms with Crippen LogP contribution in [-0.4, -0.2) is 5.78 Å². The molecule has 1 nitrogen and oxygen atoms in total. The van der Waals surface area contributed by atoms with Gasteiger partial charge in [-0.15, -0.1) is 0 Å². The Bertz CT molecular complexity index is 382. The predicted molar refractivity (Wildman–Crippen MR) is 57.9 cm³/mol. The van der Waals surface area contributed by atoms with E-state index in [1.54, 1.807) is 6.92 Å². The van der Waals surface area contributed by atoms with Crippen molar-refractivity contribution in [1.82, 2.24) is 0 Å². The first-order valence-corrected chi connectivity index (χ1v) is 5.34. The molecule has 14 heavy (non-hydrogen) atoms. The highest BCUT2D eigenvalue weighted by atomic mass is 35.5. The summed E-state index contributed by atoms with van der Waals surface area (Å²) in [7, 11) is 0. The van der Waals surface area contributed by atoms with Crippen molar-refractivity contribution in [3.8, 4) is 0 Å². The van der Waals surface area contributed by atoms with Crippen molar-refractivity contribution < 1.29 is 4.79 Å². The third-order valence-electron chi connectivity index (χ3n) is 2.71. The molecule has 0 N–H and O–H groups in total. The van der Waals surface area contributed by atoms with E-state index in [2.05, 4.69) is 0 Å². The van der Waals surface area contributed by atoms with Crippen LogP contribution in [-0.2, 0) is 24.1 Å². The molecule has 1 aliphatic rings. The Hall–Kier alpha value is -0.820. The summed E-state index contributed by atoms with van der Waals surface area (Å²) < 4.78 is 0. The van der Waals surface area contributed by atoms with Crippen LogP contribution in [0.1, 0.15) is 30.0 Å². The van der Waals surface area contributed by atoms with Gasteiger partial charge in [-0.2, -0.15) is 0 Å². The summed E-state index contributed by atoms with van der Waals surface area (Å²) in [6.45, 7) is 1.63. The van der Waals surface area contributed by atoms with Crippen molar-refractivity contribution in [1.29, 1.82) is 0 Å². The molecule has 0 atom stereocenters. The number of halogens is 1. The third-order valence-corrected chi connectivity index (χ3v) is 2.93. The number of hydrogen-bond acceptors (Lipinski definition) is 1. The molecule has 0 unspecified atom stereocenters. The van der Waals surface area contributed by atoms with Crippen molar-refractivity contribution in [2.45, 2.75) is 32.6 Å². The Kier molecular flexibility index (Phi) is 2.60. The van der Waals surface area contributed by atoms with E-state index in [-0.39, 0.29) is 5.78 Å². The van der Waals surface area contributed by atoms with Gasteiger partial charge in [0.1, 0.15) is 5.78 Å². The highest BCUT2D eigenvalue weighted by molar-refractivity contribution is 6.30. The number of aryl methyl sites for hydroxylation is 1. The first-order valence-electron chi connectivity index (χ1n) is 4.96. The summed E-state index contributed by atoms with van der Waals surface area (Å²) >= 11 is 6.00. The number of carbonyl (C=O) groups is 1. The molecule has 74 valence electrons. The van der Waals surface area contributed by atoms with Crippen LogP contribution in [0.3, 0.4) is 0 Å². The van der Waals surface area contributed by atoms with Gasteiger partial charge in [0, 0.05) is 11.4 Å². The largest absolute Gasteiger partial charge is 0.300 e. The summed E-state index contributed by atoms with van der Waals surface area (Å²) in [5.74, 6) is 0.210. The number of Topliss-reactive ketones (excluding diaryl/α,β-unsaturated/α-hetero) is 1. The molecule has 0 bridgehead atoms. The fourth-order valence-corrected chi connectivity index (χ4v) is 2.44. The lowest BCUT2D eigenvalue weighted by Gasteiger charge is -2.07. The first-order chi connectivity index (χ1) is 6.66. The Morgan fingerprint density at radius 3 is 2.93 bits per heavy atom. The number of fused-ring (bicyclic) bond motifs is 1. The van der Waals surface area contributed by atoms with Crippen LogP contribution in [0.4, 0.5) is 0 Å². The van der Waals surface area contributed by atoms with Crippen molar-refractivity contribution in [2.75, 3.05) is 0 Å². The molecule has 2 heteroatoms. The van der Waals surface area contributed by atoms with E-state index >= 15 is 0 Å². The molecule has 0 aromatic heterocycles. The van der Waals surface area contributed by atoms with Gasteiger partial charge < -0.3 is 0 Å². The lowest BCUT2D eigenvalue weighted by atomic mass is 9.99. The van der Waals surface area contributed by atoms with Gasteiger partial charge in [-0.25, -0.2) is 0 Å². The topological polar surface area (TPSA) is 17.1 Å². The van der Waals surface area contributed by atoms with Crippen molar-refractivity contribution in [3.05, 3.63) is 33.8 Å². The molecular weight excluding hydrogens is 196 g/mol. The number of rotatable bonds is 2. The molecule has 0 heterocycles. The second kappa shape index (κ2) is 3.74. The normalized spacial score (nSPS) is 14.1. The molecule has 0 saturated carbocycles. The van der Waals surface area contributed by atoms with Crippen LogP contribution in [0.25, 0.3) is 0 Å². The summed E-state index contributed by atoms with van der Waals surface area (Å²) in [4.78, 5) is 11.1. The summed E-state index contributed by atoms with van der Waals surface area (Å²) in [6.07, 6.45) is 3.94. The summed E-state index contributed by atoms with van der Waals surface area (Å²) in [5.41, 5.74) is 3.84. The zero-order valence-corrected chi connectivity index (χ0v) is 9.03. The van der Waals surface area contributed by atoms with Gasteiger partial charge in [-0.1, -0.05) is 11.6 Å². The van der Waals surface area contributed by atoms with Gasteiger partial charge in [-0.3, -0.25) is 4.79 Å². The molecule has 0 amide bonds. The second-order valence-electron chi connectivity index (χ2n) is 3.93. The van der Waals surface area contributed by atoms with E-state index in [9.17, 15) is 4.79 Å². The van der Waals surface area contributed by atoms with Crippen LogP contribution in [0.15, 0.2) is 12.1 Å². The van der Waals surface area contributed by atoms with Gasteiger partial charge in [0.2, 0.25) is 0 Å². The van der Waals surface area contributed by atoms with Crippen molar-refractivity contribution in [2.24, 2.45) is 0 Å². The third kappa shape index (κ3) is 1.83. The van der Waals surface area contributed by atoms with E-state index in [1.165, 1.54) is 17.5 Å². The van der Waals surface area contributed by atoms with Gasteiger partial charge >= 0.3 is 0 Å². The van der Waals surface area contributed by atoms with E-state index in [4.69, 9.17) is 11.6 Å². The Labute approximate surface area is 89.1 Å². The lowest BCUT2D eigenvalue weighted by Crippen LogP contribution is -2.00. The number of benzene rings is 1. The fraction of sp³-hybridized carbons (Fsp3) is 0.417. The van der Waals surface area contributed by atoms with E-state index in [0.717, 1.165) is 23.4 Å². The summed E-state index contributed by atoms with van der Waals surface area (Å²) in [6, 6.07) is 3.97. The zero-order valence-electron chi connectivity index (χ0n) is 8.27.